The molecule has 1 saturated heterocycles. The molecule has 0 aromatic carbocycles. The molecular weight excluding hydrogens is 312 g/mol. The van der Waals surface area contributed by atoms with Crippen molar-refractivity contribution in [1.82, 2.24) is 0 Å². The topological polar surface area (TPSA) is 93.1 Å². The van der Waals surface area contributed by atoms with Crippen molar-refractivity contribution >= 4 is 11.9 Å². The average molecular weight is 344 g/mol. The van der Waals surface area contributed by atoms with Gasteiger partial charge in [-0.1, -0.05) is 33.1 Å². The highest BCUT2D eigenvalue weighted by atomic mass is 16.6. The Hall–Kier alpha value is -1.14. The highest BCUT2D eigenvalue weighted by molar-refractivity contribution is 5.69. The van der Waals surface area contributed by atoms with Gasteiger partial charge in [-0.2, -0.15) is 0 Å². The van der Waals surface area contributed by atoms with Crippen LogP contribution in [0.3, 0.4) is 0 Å². The van der Waals surface area contributed by atoms with E-state index < -0.39 is 24.1 Å². The Morgan fingerprint density at radius 3 is 2.50 bits per heavy atom. The maximum absolute atomic E-state index is 11.3. The number of carbonyl (C=O) groups is 2. The number of carboxylic acids is 1. The van der Waals surface area contributed by atoms with Crippen LogP contribution >= 0.6 is 0 Å². The summed E-state index contributed by atoms with van der Waals surface area (Å²) < 4.78 is 11.3. The van der Waals surface area contributed by atoms with E-state index in [0.29, 0.717) is 32.1 Å². The number of hydrogen-bond donors (Lipinski definition) is 2. The van der Waals surface area contributed by atoms with Crippen molar-refractivity contribution in [1.29, 1.82) is 0 Å². The number of aliphatic hydroxyl groups excluding tert-OH is 1. The molecule has 140 valence electrons. The van der Waals surface area contributed by atoms with E-state index in [1.807, 2.05) is 6.92 Å². The number of unbranched alkanes of at least 4 members (excludes halogenated alkanes) is 2. The van der Waals surface area contributed by atoms with Crippen LogP contribution in [0.4, 0.5) is 0 Å². The van der Waals surface area contributed by atoms with Gasteiger partial charge in [0.15, 0.2) is 0 Å². The van der Waals surface area contributed by atoms with Gasteiger partial charge in [-0.15, -0.1) is 0 Å². The van der Waals surface area contributed by atoms with Crippen LogP contribution in [0.1, 0.15) is 72.1 Å². The second-order valence-corrected chi connectivity index (χ2v) is 6.68. The van der Waals surface area contributed by atoms with Gasteiger partial charge in [0.25, 0.3) is 0 Å². The van der Waals surface area contributed by atoms with Crippen molar-refractivity contribution < 1.29 is 29.3 Å². The van der Waals surface area contributed by atoms with E-state index in [9.17, 15) is 14.7 Å². The van der Waals surface area contributed by atoms with E-state index >= 15 is 0 Å². The normalized spacial score (nSPS) is 26.1. The van der Waals surface area contributed by atoms with Crippen LogP contribution in [0.5, 0.6) is 0 Å². The molecular formula is C18H32O6. The van der Waals surface area contributed by atoms with Crippen molar-refractivity contribution in [2.24, 2.45) is 5.92 Å². The number of ether oxygens (including phenoxy) is 2. The molecule has 1 heterocycles. The number of aliphatic carboxylic acids is 1. The third kappa shape index (κ3) is 6.77. The minimum absolute atomic E-state index is 0.340. The smallest absolute Gasteiger partial charge is 0.306 e. The van der Waals surface area contributed by atoms with Crippen LogP contribution in [0.25, 0.3) is 0 Å². The monoisotopic (exact) mass is 344 g/mol. The summed E-state index contributed by atoms with van der Waals surface area (Å²) in [6.07, 6.45) is 4.14. The first kappa shape index (κ1) is 20.9. The number of aliphatic hydroxyl groups is 1. The second kappa shape index (κ2) is 10.7. The largest absolute Gasteiger partial charge is 0.481 e. The molecule has 0 spiro atoms. The molecule has 1 aliphatic rings. The lowest BCUT2D eigenvalue weighted by Crippen LogP contribution is -2.28. The van der Waals surface area contributed by atoms with Gasteiger partial charge in [-0.25, -0.2) is 0 Å². The van der Waals surface area contributed by atoms with E-state index in [0.717, 1.165) is 19.3 Å². The Labute approximate surface area is 144 Å². The molecule has 1 aliphatic heterocycles. The van der Waals surface area contributed by atoms with E-state index in [4.69, 9.17) is 14.6 Å². The van der Waals surface area contributed by atoms with E-state index in [2.05, 4.69) is 6.92 Å². The third-order valence-corrected chi connectivity index (χ3v) is 4.72. The lowest BCUT2D eigenvalue weighted by Gasteiger charge is -2.20. The van der Waals surface area contributed by atoms with Gasteiger partial charge in [0.2, 0.25) is 0 Å². The number of esters is 1. The molecule has 0 aromatic heterocycles. The quantitative estimate of drug-likeness (QED) is 0.442. The molecule has 0 amide bonds. The summed E-state index contributed by atoms with van der Waals surface area (Å²) >= 11 is 0. The summed E-state index contributed by atoms with van der Waals surface area (Å²) in [5.41, 5.74) is 0. The van der Waals surface area contributed by atoms with Crippen LogP contribution in [-0.2, 0) is 19.1 Å². The van der Waals surface area contributed by atoms with Gasteiger partial charge < -0.3 is 19.7 Å². The summed E-state index contributed by atoms with van der Waals surface area (Å²) in [7, 11) is 0. The molecule has 24 heavy (non-hydrogen) atoms. The van der Waals surface area contributed by atoms with Crippen LogP contribution in [-0.4, -0.2) is 46.6 Å². The molecule has 2 N–H and O–H groups in total. The van der Waals surface area contributed by atoms with Crippen LogP contribution in [0.2, 0.25) is 0 Å². The summed E-state index contributed by atoms with van der Waals surface area (Å²) in [5.74, 6) is -1.60. The number of carboxylic acid groups (broad SMARTS) is 1. The zero-order valence-electron chi connectivity index (χ0n) is 15.1. The first-order valence-electron chi connectivity index (χ1n) is 9.12. The summed E-state index contributed by atoms with van der Waals surface area (Å²) in [4.78, 5) is 22.4. The fourth-order valence-corrected chi connectivity index (χ4v) is 3.24. The Bertz CT molecular complexity index is 397. The number of hydrogen-bond acceptors (Lipinski definition) is 5. The minimum atomic E-state index is -0.810. The van der Waals surface area contributed by atoms with Crippen molar-refractivity contribution in [2.45, 2.75) is 96.6 Å². The maximum atomic E-state index is 11.3. The summed E-state index contributed by atoms with van der Waals surface area (Å²) in [5, 5.41) is 19.5. The Balaban J connectivity index is 2.59. The molecule has 6 nitrogen and oxygen atoms in total. The molecule has 0 aromatic rings. The van der Waals surface area contributed by atoms with E-state index in [1.54, 1.807) is 0 Å². The minimum Gasteiger partial charge on any atom is -0.481 e. The van der Waals surface area contributed by atoms with Gasteiger partial charge in [0.1, 0.15) is 6.10 Å². The second-order valence-electron chi connectivity index (χ2n) is 6.68. The molecule has 1 rings (SSSR count). The van der Waals surface area contributed by atoms with Gasteiger partial charge >= 0.3 is 11.9 Å². The molecule has 0 radical (unpaired) electrons. The standard InChI is InChI=1S/C18H32O6/c1-4-6-7-8-14(20)16-11-17(23-12(3)19)15(24-16)10-9-13(5-2)18(21)22/h13-17,20H,4-11H2,1-3H3,(H,21,22)/t13?,14-,15-,16-,17-/m1/s1. The lowest BCUT2D eigenvalue weighted by molar-refractivity contribution is -0.150. The Kier molecular flexibility index (Phi) is 9.29. The predicted molar refractivity (Wildman–Crippen MR) is 89.6 cm³/mol. The first-order valence-corrected chi connectivity index (χ1v) is 9.12. The van der Waals surface area contributed by atoms with E-state index in [-0.39, 0.29) is 18.2 Å². The Morgan fingerprint density at radius 1 is 1.25 bits per heavy atom. The molecule has 5 atom stereocenters. The van der Waals surface area contributed by atoms with Crippen molar-refractivity contribution in [3.63, 3.8) is 0 Å². The van der Waals surface area contributed by atoms with Crippen molar-refractivity contribution in [2.75, 3.05) is 0 Å². The molecule has 0 aliphatic carbocycles. The molecule has 0 saturated carbocycles. The zero-order valence-corrected chi connectivity index (χ0v) is 15.1. The predicted octanol–water partition coefficient (Wildman–Crippen LogP) is 2.91. The SMILES string of the molecule is CCCCC[C@@H](O)[C@H]1C[C@@H](OC(C)=O)[C@@H](CCC(CC)C(=O)O)O1. The highest BCUT2D eigenvalue weighted by Gasteiger charge is 2.40. The van der Waals surface area contributed by atoms with Gasteiger partial charge in [0.05, 0.1) is 24.2 Å². The van der Waals surface area contributed by atoms with Crippen LogP contribution in [0.15, 0.2) is 0 Å². The molecule has 6 heteroatoms. The van der Waals surface area contributed by atoms with Gasteiger partial charge in [0, 0.05) is 13.3 Å². The average Bonchev–Trinajstić information content (AvgIpc) is 2.90. The maximum Gasteiger partial charge on any atom is 0.306 e. The van der Waals surface area contributed by atoms with Crippen molar-refractivity contribution in [3.05, 3.63) is 0 Å². The lowest BCUT2D eigenvalue weighted by atomic mass is 9.96. The fraction of sp³-hybridized carbons (Fsp3) is 0.889. The van der Waals surface area contributed by atoms with Crippen molar-refractivity contribution in [3.8, 4) is 0 Å². The zero-order chi connectivity index (χ0) is 18.1. The van der Waals surface area contributed by atoms with Gasteiger partial charge in [-0.3, -0.25) is 9.59 Å². The summed E-state index contributed by atoms with van der Waals surface area (Å²) in [6, 6.07) is 0. The first-order chi connectivity index (χ1) is 11.4. The third-order valence-electron chi connectivity index (χ3n) is 4.72. The molecule has 0 bridgehead atoms. The van der Waals surface area contributed by atoms with Crippen LogP contribution in [0, 0.1) is 5.92 Å². The van der Waals surface area contributed by atoms with Crippen LogP contribution < -0.4 is 0 Å². The molecule has 1 unspecified atom stereocenters. The Morgan fingerprint density at radius 2 is 1.96 bits per heavy atom. The van der Waals surface area contributed by atoms with E-state index in [1.165, 1.54) is 6.92 Å². The van der Waals surface area contributed by atoms with Gasteiger partial charge in [-0.05, 0) is 25.7 Å². The molecule has 1 fully saturated rings. The number of carbonyl (C=O) groups excluding carboxylic acids is 1. The fourth-order valence-electron chi connectivity index (χ4n) is 3.24. The summed E-state index contributed by atoms with van der Waals surface area (Å²) in [6.45, 7) is 5.31. The highest BCUT2D eigenvalue weighted by Crippen LogP contribution is 2.31. The number of rotatable bonds is 11.